The van der Waals surface area contributed by atoms with Crippen LogP contribution < -0.4 is 5.32 Å². The van der Waals surface area contributed by atoms with Gasteiger partial charge in [0.2, 0.25) is 5.91 Å². The smallest absolute Gasteiger partial charge is 0.326 e. The van der Waals surface area contributed by atoms with Gasteiger partial charge in [0.05, 0.1) is 10.6 Å². The van der Waals surface area contributed by atoms with Gasteiger partial charge < -0.3 is 10.4 Å². The summed E-state index contributed by atoms with van der Waals surface area (Å²) in [6, 6.07) is 6.81. The van der Waals surface area contributed by atoms with Gasteiger partial charge in [-0.3, -0.25) is 4.79 Å². The van der Waals surface area contributed by atoms with E-state index >= 15 is 0 Å². The summed E-state index contributed by atoms with van der Waals surface area (Å²) in [5.74, 6) is -2.36. The van der Waals surface area contributed by atoms with Gasteiger partial charge in [0.1, 0.15) is 6.04 Å². The third kappa shape index (κ3) is 5.18. The number of aliphatic carboxylic acids is 1. The van der Waals surface area contributed by atoms with Crippen LogP contribution >= 0.6 is 0 Å². The van der Waals surface area contributed by atoms with Crippen molar-refractivity contribution in [3.63, 3.8) is 0 Å². The van der Waals surface area contributed by atoms with E-state index in [0.717, 1.165) is 0 Å². The standard InChI is InChI=1S/C14H19NO5S/c1-10(2)13(14(17)18)15-12(16)8-9-21(19,20)11-6-4-3-5-7-11/h3-7,10,13H,8-9H2,1-2H3,(H,15,16)(H,17,18)/t13-/m0/s1. The fourth-order valence-corrected chi connectivity index (χ4v) is 2.99. The van der Waals surface area contributed by atoms with E-state index in [9.17, 15) is 18.0 Å². The van der Waals surface area contributed by atoms with Crippen molar-refractivity contribution in [2.24, 2.45) is 5.92 Å². The molecule has 21 heavy (non-hydrogen) atoms. The van der Waals surface area contributed by atoms with Crippen LogP contribution in [0.2, 0.25) is 0 Å². The lowest BCUT2D eigenvalue weighted by Crippen LogP contribution is -2.44. The minimum Gasteiger partial charge on any atom is -0.480 e. The first-order chi connectivity index (χ1) is 9.74. The van der Waals surface area contributed by atoms with Gasteiger partial charge in [0, 0.05) is 6.42 Å². The van der Waals surface area contributed by atoms with E-state index in [-0.39, 0.29) is 23.0 Å². The second kappa shape index (κ2) is 7.21. The summed E-state index contributed by atoms with van der Waals surface area (Å²) in [5.41, 5.74) is 0. The summed E-state index contributed by atoms with van der Waals surface area (Å²) < 4.78 is 24.0. The molecule has 7 heteroatoms. The number of hydrogen-bond acceptors (Lipinski definition) is 4. The van der Waals surface area contributed by atoms with Crippen molar-refractivity contribution >= 4 is 21.7 Å². The zero-order valence-electron chi connectivity index (χ0n) is 11.9. The van der Waals surface area contributed by atoms with Gasteiger partial charge in [0.25, 0.3) is 0 Å². The minimum absolute atomic E-state index is 0.149. The van der Waals surface area contributed by atoms with Gasteiger partial charge in [-0.1, -0.05) is 32.0 Å². The molecule has 1 atom stereocenters. The van der Waals surface area contributed by atoms with Crippen LogP contribution in [0, 0.1) is 5.92 Å². The van der Waals surface area contributed by atoms with E-state index in [0.29, 0.717) is 0 Å². The Morgan fingerprint density at radius 1 is 1.19 bits per heavy atom. The predicted octanol–water partition coefficient (Wildman–Crippen LogP) is 1.08. The SMILES string of the molecule is CC(C)[C@H](NC(=O)CCS(=O)(=O)c1ccccc1)C(=O)O. The first-order valence-electron chi connectivity index (χ1n) is 6.54. The Labute approximate surface area is 124 Å². The monoisotopic (exact) mass is 313 g/mol. The van der Waals surface area contributed by atoms with Crippen molar-refractivity contribution in [1.29, 1.82) is 0 Å². The molecule has 0 unspecified atom stereocenters. The van der Waals surface area contributed by atoms with Crippen molar-refractivity contribution < 1.29 is 23.1 Å². The van der Waals surface area contributed by atoms with E-state index in [4.69, 9.17) is 5.11 Å². The molecule has 1 aromatic rings. The normalized spacial score (nSPS) is 12.9. The average molecular weight is 313 g/mol. The number of sulfone groups is 1. The maximum atomic E-state index is 12.0. The van der Waals surface area contributed by atoms with Crippen LogP contribution in [0.25, 0.3) is 0 Å². The number of nitrogens with one attached hydrogen (secondary N) is 1. The number of carbonyl (C=O) groups excluding carboxylic acids is 1. The van der Waals surface area contributed by atoms with Gasteiger partial charge >= 0.3 is 5.97 Å². The number of carbonyl (C=O) groups is 2. The molecule has 0 radical (unpaired) electrons. The third-order valence-corrected chi connectivity index (χ3v) is 4.68. The molecule has 0 spiro atoms. The molecule has 0 saturated carbocycles. The maximum Gasteiger partial charge on any atom is 0.326 e. The molecule has 6 nitrogen and oxygen atoms in total. The van der Waals surface area contributed by atoms with Crippen molar-refractivity contribution in [2.45, 2.75) is 31.2 Å². The Bertz CT molecular complexity index is 595. The summed E-state index contributed by atoms with van der Waals surface area (Å²) >= 11 is 0. The summed E-state index contributed by atoms with van der Waals surface area (Å²) in [4.78, 5) is 22.8. The predicted molar refractivity (Wildman–Crippen MR) is 77.5 cm³/mol. The highest BCUT2D eigenvalue weighted by atomic mass is 32.2. The van der Waals surface area contributed by atoms with Crippen molar-refractivity contribution in [2.75, 3.05) is 5.75 Å². The summed E-state index contributed by atoms with van der Waals surface area (Å²) in [5, 5.41) is 11.3. The van der Waals surface area contributed by atoms with Crippen molar-refractivity contribution in [1.82, 2.24) is 5.32 Å². The zero-order chi connectivity index (χ0) is 16.0. The molecule has 1 amide bonds. The Morgan fingerprint density at radius 2 is 1.76 bits per heavy atom. The molecule has 0 aliphatic carbocycles. The lowest BCUT2D eigenvalue weighted by atomic mass is 10.0. The van der Waals surface area contributed by atoms with Crippen molar-refractivity contribution in [3.8, 4) is 0 Å². The molecule has 0 saturated heterocycles. The molecule has 116 valence electrons. The lowest BCUT2D eigenvalue weighted by Gasteiger charge is -2.17. The Kier molecular flexibility index (Phi) is 5.90. The highest BCUT2D eigenvalue weighted by Gasteiger charge is 2.24. The van der Waals surface area contributed by atoms with Gasteiger partial charge in [-0.25, -0.2) is 13.2 Å². The summed E-state index contributed by atoms with van der Waals surface area (Å²) in [6.07, 6.45) is -0.270. The van der Waals surface area contributed by atoms with Crippen LogP contribution in [0.4, 0.5) is 0 Å². The highest BCUT2D eigenvalue weighted by molar-refractivity contribution is 7.91. The molecular formula is C14H19NO5S. The molecule has 1 rings (SSSR count). The average Bonchev–Trinajstić information content (AvgIpc) is 2.43. The van der Waals surface area contributed by atoms with E-state index in [1.54, 1.807) is 32.0 Å². The number of carboxylic acid groups (broad SMARTS) is 1. The lowest BCUT2D eigenvalue weighted by molar-refractivity contribution is -0.143. The summed E-state index contributed by atoms with van der Waals surface area (Å²) in [7, 11) is -3.54. The van der Waals surface area contributed by atoms with Gasteiger partial charge in [-0.2, -0.15) is 0 Å². The van der Waals surface area contributed by atoms with Gasteiger partial charge in [-0.15, -0.1) is 0 Å². The van der Waals surface area contributed by atoms with Gasteiger partial charge in [-0.05, 0) is 18.1 Å². The third-order valence-electron chi connectivity index (χ3n) is 2.95. The van der Waals surface area contributed by atoms with E-state index in [1.165, 1.54) is 12.1 Å². The second-order valence-corrected chi connectivity index (χ2v) is 7.12. The Balaban J connectivity index is 2.63. The number of rotatable bonds is 7. The highest BCUT2D eigenvalue weighted by Crippen LogP contribution is 2.11. The summed E-state index contributed by atoms with van der Waals surface area (Å²) in [6.45, 7) is 3.33. The van der Waals surface area contributed by atoms with Gasteiger partial charge in [0.15, 0.2) is 9.84 Å². The molecular weight excluding hydrogens is 294 g/mol. The molecule has 0 aliphatic heterocycles. The Morgan fingerprint density at radius 3 is 2.24 bits per heavy atom. The topological polar surface area (TPSA) is 101 Å². The molecule has 0 fully saturated rings. The fraction of sp³-hybridized carbons (Fsp3) is 0.429. The fourth-order valence-electron chi connectivity index (χ4n) is 1.73. The number of amides is 1. The molecule has 0 heterocycles. The number of carboxylic acids is 1. The quantitative estimate of drug-likeness (QED) is 0.784. The zero-order valence-corrected chi connectivity index (χ0v) is 12.8. The van der Waals surface area contributed by atoms with Crippen LogP contribution in [-0.4, -0.2) is 37.2 Å². The first kappa shape index (κ1) is 17.2. The first-order valence-corrected chi connectivity index (χ1v) is 8.19. The van der Waals surface area contributed by atoms with E-state index in [2.05, 4.69) is 5.32 Å². The molecule has 2 N–H and O–H groups in total. The number of hydrogen-bond donors (Lipinski definition) is 2. The van der Waals surface area contributed by atoms with Crippen LogP contribution in [0.5, 0.6) is 0 Å². The maximum absolute atomic E-state index is 12.0. The van der Waals surface area contributed by atoms with Crippen LogP contribution in [0.3, 0.4) is 0 Å². The minimum atomic E-state index is -3.54. The van der Waals surface area contributed by atoms with E-state index in [1.807, 2.05) is 0 Å². The van der Waals surface area contributed by atoms with Crippen LogP contribution in [0.15, 0.2) is 35.2 Å². The molecule has 0 bridgehead atoms. The largest absolute Gasteiger partial charge is 0.480 e. The van der Waals surface area contributed by atoms with Crippen molar-refractivity contribution in [3.05, 3.63) is 30.3 Å². The number of benzene rings is 1. The molecule has 1 aromatic carbocycles. The van der Waals surface area contributed by atoms with E-state index < -0.39 is 27.8 Å². The Hall–Kier alpha value is -1.89. The molecule has 0 aliphatic rings. The molecule has 0 aromatic heterocycles. The van der Waals surface area contributed by atoms with Crippen LogP contribution in [-0.2, 0) is 19.4 Å². The second-order valence-electron chi connectivity index (χ2n) is 5.01. The van der Waals surface area contributed by atoms with Crippen LogP contribution in [0.1, 0.15) is 20.3 Å².